The Balaban J connectivity index is 2.14. The van der Waals surface area contributed by atoms with Crippen molar-refractivity contribution in [3.63, 3.8) is 0 Å². The summed E-state index contributed by atoms with van der Waals surface area (Å²) in [5.74, 6) is 0.646. The molecule has 128 valence electrons. The van der Waals surface area contributed by atoms with Gasteiger partial charge in [0.1, 0.15) is 22.2 Å². The van der Waals surface area contributed by atoms with Crippen molar-refractivity contribution in [2.45, 2.75) is 26.2 Å². The zero-order valence-electron chi connectivity index (χ0n) is 14.3. The molecule has 2 heterocycles. The molecule has 0 spiro atoms. The first-order chi connectivity index (χ1) is 11.8. The van der Waals surface area contributed by atoms with Crippen molar-refractivity contribution in [2.75, 3.05) is 0 Å². The third-order valence-corrected chi connectivity index (χ3v) is 3.65. The maximum Gasteiger partial charge on any atom is 0.272 e. The first-order valence-corrected chi connectivity index (χ1v) is 7.90. The summed E-state index contributed by atoms with van der Waals surface area (Å²) in [5, 5.41) is 0.333. The number of oxazole rings is 1. The first kappa shape index (κ1) is 16.7. The molecule has 0 saturated heterocycles. The van der Waals surface area contributed by atoms with Gasteiger partial charge in [-0.15, -0.1) is 0 Å². The van der Waals surface area contributed by atoms with Gasteiger partial charge >= 0.3 is 0 Å². The van der Waals surface area contributed by atoms with Crippen LogP contribution in [0, 0.1) is 0 Å². The minimum atomic E-state index is -0.398. The second-order valence-corrected chi connectivity index (χ2v) is 6.75. The molecule has 2 N–H and O–H groups in total. The van der Waals surface area contributed by atoms with Crippen molar-refractivity contribution in [1.29, 1.82) is 0 Å². The summed E-state index contributed by atoms with van der Waals surface area (Å²) < 4.78 is 5.42. The summed E-state index contributed by atoms with van der Waals surface area (Å²) in [5.41, 5.74) is 0.302. The van der Waals surface area contributed by atoms with Gasteiger partial charge in [0.25, 0.3) is 11.1 Å². The Hall–Kier alpha value is -3.15. The molecule has 0 fully saturated rings. The van der Waals surface area contributed by atoms with E-state index in [1.54, 1.807) is 6.08 Å². The maximum atomic E-state index is 12.3. The van der Waals surface area contributed by atoms with E-state index < -0.39 is 5.56 Å². The SMILES string of the molecule is CC(C)(C)c1ocnc1C=c1[nH]c(=O)c(=Cc2ccccc2)[nH]c1=O. The first-order valence-electron chi connectivity index (χ1n) is 7.90. The molecule has 0 aliphatic rings. The molecule has 0 saturated carbocycles. The van der Waals surface area contributed by atoms with Gasteiger partial charge in [-0.2, -0.15) is 0 Å². The molecule has 0 aliphatic carbocycles. The molecule has 6 heteroatoms. The molecular formula is C19H19N3O3. The Morgan fingerprint density at radius 3 is 2.16 bits per heavy atom. The van der Waals surface area contributed by atoms with Crippen LogP contribution in [0.4, 0.5) is 0 Å². The maximum absolute atomic E-state index is 12.3. The van der Waals surface area contributed by atoms with Gasteiger partial charge in [-0.1, -0.05) is 51.1 Å². The average molecular weight is 337 g/mol. The average Bonchev–Trinajstić information content (AvgIpc) is 3.02. The van der Waals surface area contributed by atoms with E-state index in [0.29, 0.717) is 11.5 Å². The van der Waals surface area contributed by atoms with Crippen molar-refractivity contribution >= 4 is 12.2 Å². The number of nitrogens with zero attached hydrogens (tertiary/aromatic N) is 1. The fraction of sp³-hybridized carbons (Fsp3) is 0.211. The van der Waals surface area contributed by atoms with Gasteiger partial charge in [0, 0.05) is 5.41 Å². The third kappa shape index (κ3) is 3.68. The highest BCUT2D eigenvalue weighted by Gasteiger charge is 2.21. The van der Waals surface area contributed by atoms with E-state index in [-0.39, 0.29) is 21.7 Å². The van der Waals surface area contributed by atoms with E-state index in [0.717, 1.165) is 5.56 Å². The van der Waals surface area contributed by atoms with Crippen LogP contribution in [-0.4, -0.2) is 15.0 Å². The molecule has 3 aromatic rings. The van der Waals surface area contributed by atoms with Gasteiger partial charge in [-0.05, 0) is 17.7 Å². The predicted octanol–water partition coefficient (Wildman–Crippen LogP) is 1.01. The van der Waals surface area contributed by atoms with Gasteiger partial charge in [-0.3, -0.25) is 9.59 Å². The second-order valence-electron chi connectivity index (χ2n) is 6.75. The van der Waals surface area contributed by atoms with E-state index in [2.05, 4.69) is 15.0 Å². The summed E-state index contributed by atoms with van der Waals surface area (Å²) in [4.78, 5) is 34.0. The van der Waals surface area contributed by atoms with Gasteiger partial charge in [-0.25, -0.2) is 4.98 Å². The fourth-order valence-electron chi connectivity index (χ4n) is 2.47. The van der Waals surface area contributed by atoms with E-state index in [1.807, 2.05) is 51.1 Å². The second kappa shape index (κ2) is 6.39. The Bertz CT molecular complexity index is 1110. The number of aromatic nitrogens is 3. The van der Waals surface area contributed by atoms with Crippen LogP contribution in [0.5, 0.6) is 0 Å². The van der Waals surface area contributed by atoms with Crippen molar-refractivity contribution in [3.05, 3.63) is 85.1 Å². The highest BCUT2D eigenvalue weighted by molar-refractivity contribution is 5.48. The number of aromatic amines is 2. The third-order valence-electron chi connectivity index (χ3n) is 3.65. The standard InChI is InChI=1S/C19H19N3O3/c1-19(2,3)16-13(20-11-25-16)10-15-18(24)21-14(17(23)22-15)9-12-7-5-4-6-8-12/h4-11H,1-3H3,(H,21,24)(H,22,23). The molecule has 0 atom stereocenters. The number of nitrogens with one attached hydrogen (secondary N) is 2. The molecule has 3 rings (SSSR count). The van der Waals surface area contributed by atoms with Gasteiger partial charge in [0.2, 0.25) is 0 Å². The monoisotopic (exact) mass is 337 g/mol. The molecule has 25 heavy (non-hydrogen) atoms. The quantitative estimate of drug-likeness (QED) is 0.730. The lowest BCUT2D eigenvalue weighted by molar-refractivity contribution is 0.407. The predicted molar refractivity (Wildman–Crippen MR) is 95.7 cm³/mol. The Morgan fingerprint density at radius 1 is 0.960 bits per heavy atom. The summed E-state index contributed by atoms with van der Waals surface area (Å²) in [6, 6.07) is 9.30. The minimum absolute atomic E-state index is 0.134. The minimum Gasteiger partial charge on any atom is -0.447 e. The van der Waals surface area contributed by atoms with Crippen LogP contribution < -0.4 is 21.8 Å². The molecule has 2 aromatic heterocycles. The largest absolute Gasteiger partial charge is 0.447 e. The fourth-order valence-corrected chi connectivity index (χ4v) is 2.47. The van der Waals surface area contributed by atoms with Crippen LogP contribution in [0.25, 0.3) is 12.2 Å². The van der Waals surface area contributed by atoms with Crippen molar-refractivity contribution in [2.24, 2.45) is 0 Å². The van der Waals surface area contributed by atoms with E-state index >= 15 is 0 Å². The molecule has 0 unspecified atom stereocenters. The molecule has 0 bridgehead atoms. The Kier molecular flexibility index (Phi) is 4.27. The molecule has 1 aromatic carbocycles. The van der Waals surface area contributed by atoms with E-state index in [4.69, 9.17) is 4.42 Å². The van der Waals surface area contributed by atoms with E-state index in [1.165, 1.54) is 12.5 Å². The zero-order chi connectivity index (χ0) is 18.0. The van der Waals surface area contributed by atoms with Crippen molar-refractivity contribution < 1.29 is 4.42 Å². The Morgan fingerprint density at radius 2 is 1.56 bits per heavy atom. The van der Waals surface area contributed by atoms with Crippen LogP contribution in [0.1, 0.15) is 37.8 Å². The van der Waals surface area contributed by atoms with Crippen LogP contribution in [0.3, 0.4) is 0 Å². The Labute approximate surface area is 143 Å². The van der Waals surface area contributed by atoms with Crippen LogP contribution in [0.2, 0.25) is 0 Å². The highest BCUT2D eigenvalue weighted by Crippen LogP contribution is 2.25. The summed E-state index contributed by atoms with van der Waals surface area (Å²) in [7, 11) is 0. The summed E-state index contributed by atoms with van der Waals surface area (Å²) in [6.07, 6.45) is 4.48. The highest BCUT2D eigenvalue weighted by atomic mass is 16.3. The number of benzene rings is 1. The van der Waals surface area contributed by atoms with E-state index in [9.17, 15) is 9.59 Å². The number of hydrogen-bond donors (Lipinski definition) is 2. The van der Waals surface area contributed by atoms with Gasteiger partial charge in [0.15, 0.2) is 6.39 Å². The van der Waals surface area contributed by atoms with Crippen LogP contribution in [0.15, 0.2) is 50.7 Å². The topological polar surface area (TPSA) is 91.8 Å². The normalized spacial score (nSPS) is 13.4. The van der Waals surface area contributed by atoms with Gasteiger partial charge in [0.05, 0.1) is 0 Å². The molecule has 0 radical (unpaired) electrons. The smallest absolute Gasteiger partial charge is 0.272 e. The zero-order valence-corrected chi connectivity index (χ0v) is 14.3. The van der Waals surface area contributed by atoms with Gasteiger partial charge < -0.3 is 14.4 Å². The lowest BCUT2D eigenvalue weighted by atomic mass is 9.92. The molecule has 0 aliphatic heterocycles. The van der Waals surface area contributed by atoms with Crippen molar-refractivity contribution in [3.8, 4) is 0 Å². The number of H-pyrrole nitrogens is 2. The summed E-state index contributed by atoms with van der Waals surface area (Å²) in [6.45, 7) is 5.95. The van der Waals surface area contributed by atoms with Crippen molar-refractivity contribution in [1.82, 2.24) is 15.0 Å². The number of hydrogen-bond acceptors (Lipinski definition) is 4. The lowest BCUT2D eigenvalue weighted by Gasteiger charge is -2.14. The van der Waals surface area contributed by atoms with Crippen LogP contribution in [-0.2, 0) is 5.41 Å². The molecular weight excluding hydrogens is 318 g/mol. The van der Waals surface area contributed by atoms with Crippen LogP contribution >= 0.6 is 0 Å². The molecule has 0 amide bonds. The lowest BCUT2D eigenvalue weighted by Crippen LogP contribution is -2.46. The number of rotatable bonds is 2. The molecule has 6 nitrogen and oxygen atoms in total. The summed E-state index contributed by atoms with van der Waals surface area (Å²) >= 11 is 0.